The first-order valence-corrected chi connectivity index (χ1v) is 12.2. The van der Waals surface area contributed by atoms with Crippen LogP contribution in [0, 0.1) is 0 Å². The highest BCUT2D eigenvalue weighted by molar-refractivity contribution is 7.99. The minimum Gasteiger partial charge on any atom is -0.508 e. The average Bonchev–Trinajstić information content (AvgIpc) is 2.97. The smallest absolute Gasteiger partial charge is 0.256 e. The molecule has 1 aliphatic rings. The third-order valence-electron chi connectivity index (χ3n) is 6.00. The highest BCUT2D eigenvalue weighted by Gasteiger charge is 2.35. The van der Waals surface area contributed by atoms with Gasteiger partial charge in [-0.15, -0.1) is 0 Å². The zero-order valence-corrected chi connectivity index (χ0v) is 19.7. The molecule has 4 aromatic carbocycles. The zero-order chi connectivity index (χ0) is 24.2. The Morgan fingerprint density at radius 2 is 1.49 bits per heavy atom. The molecule has 0 radical (unpaired) electrons. The van der Waals surface area contributed by atoms with Gasteiger partial charge in [0.15, 0.2) is 0 Å². The van der Waals surface area contributed by atoms with Gasteiger partial charge in [0.25, 0.3) is 5.91 Å². The number of hydrogen-bond donors (Lipinski definition) is 2. The van der Waals surface area contributed by atoms with Crippen molar-refractivity contribution < 1.29 is 14.7 Å². The summed E-state index contributed by atoms with van der Waals surface area (Å²) in [6.07, 6.45) is 0.416. The number of phenolic OH excluding ortho intramolecular Hbond substituents is 1. The Hall–Kier alpha value is -4.03. The van der Waals surface area contributed by atoms with E-state index in [1.54, 1.807) is 40.9 Å². The van der Waals surface area contributed by atoms with Gasteiger partial charge in [-0.05, 0) is 53.6 Å². The second-order valence-electron chi connectivity index (χ2n) is 8.38. The van der Waals surface area contributed by atoms with E-state index >= 15 is 0 Å². The molecule has 5 rings (SSSR count). The van der Waals surface area contributed by atoms with Crippen molar-refractivity contribution in [2.75, 3.05) is 5.32 Å². The Bertz CT molecular complexity index is 1360. The fraction of sp³-hybridized carbons (Fsp3) is 0.103. The van der Waals surface area contributed by atoms with E-state index in [1.807, 2.05) is 78.9 Å². The van der Waals surface area contributed by atoms with Crippen LogP contribution in [0.15, 0.2) is 113 Å². The number of nitrogens with one attached hydrogen (secondary N) is 1. The number of benzene rings is 4. The molecule has 4 aromatic rings. The van der Waals surface area contributed by atoms with Gasteiger partial charge < -0.3 is 15.3 Å². The molecule has 35 heavy (non-hydrogen) atoms. The molecular weight excluding hydrogens is 456 g/mol. The largest absolute Gasteiger partial charge is 0.508 e. The predicted molar refractivity (Wildman–Crippen MR) is 138 cm³/mol. The number of anilines is 1. The van der Waals surface area contributed by atoms with Gasteiger partial charge in [0, 0.05) is 22.8 Å². The normalized spacial score (nSPS) is 15.3. The monoisotopic (exact) mass is 480 g/mol. The highest BCUT2D eigenvalue weighted by atomic mass is 32.2. The molecule has 0 aliphatic carbocycles. The molecule has 5 nitrogen and oxygen atoms in total. The summed E-state index contributed by atoms with van der Waals surface area (Å²) in [5.41, 5.74) is 2.96. The number of rotatable bonds is 6. The lowest BCUT2D eigenvalue weighted by atomic mass is 10.0. The molecular formula is C29H24N2O3S. The summed E-state index contributed by atoms with van der Waals surface area (Å²) in [5, 5.41) is 12.6. The van der Waals surface area contributed by atoms with Crippen LogP contribution in [0.2, 0.25) is 0 Å². The second kappa shape index (κ2) is 10.1. The predicted octanol–water partition coefficient (Wildman–Crippen LogP) is 5.75. The number of para-hydroxylation sites is 1. The Labute approximate surface area is 208 Å². The maximum atomic E-state index is 13.8. The number of carbonyl (C=O) groups is 2. The van der Waals surface area contributed by atoms with E-state index in [0.29, 0.717) is 24.2 Å². The molecule has 6 heteroatoms. The van der Waals surface area contributed by atoms with Crippen LogP contribution in [0.5, 0.6) is 5.75 Å². The van der Waals surface area contributed by atoms with Crippen LogP contribution in [0.4, 0.5) is 5.69 Å². The molecule has 0 fully saturated rings. The molecule has 1 atom stereocenters. The molecule has 1 aliphatic heterocycles. The van der Waals surface area contributed by atoms with Crippen LogP contribution in [0.1, 0.15) is 21.5 Å². The van der Waals surface area contributed by atoms with Crippen molar-refractivity contribution in [2.45, 2.75) is 28.8 Å². The SMILES string of the molecule is O=C1Nc2ccccc2C(=O)N(Cc2ccccc2Sc2ccc(O)cc2)[C@H]1Cc1ccccc1. The van der Waals surface area contributed by atoms with Gasteiger partial charge in [-0.25, -0.2) is 0 Å². The van der Waals surface area contributed by atoms with Crippen LogP contribution in [0.3, 0.4) is 0 Å². The number of phenols is 1. The Morgan fingerprint density at radius 3 is 2.29 bits per heavy atom. The third-order valence-corrected chi connectivity index (χ3v) is 7.13. The number of aromatic hydroxyl groups is 1. The lowest BCUT2D eigenvalue weighted by Gasteiger charge is -2.29. The van der Waals surface area contributed by atoms with Crippen LogP contribution in [-0.4, -0.2) is 27.9 Å². The van der Waals surface area contributed by atoms with E-state index < -0.39 is 6.04 Å². The zero-order valence-electron chi connectivity index (χ0n) is 18.9. The molecule has 0 spiro atoms. The summed E-state index contributed by atoms with van der Waals surface area (Å²) >= 11 is 1.56. The second-order valence-corrected chi connectivity index (χ2v) is 9.49. The number of hydrogen-bond acceptors (Lipinski definition) is 4. The van der Waals surface area contributed by atoms with E-state index in [2.05, 4.69) is 5.32 Å². The van der Waals surface area contributed by atoms with Gasteiger partial charge in [-0.1, -0.05) is 72.4 Å². The Balaban J connectivity index is 1.51. The van der Waals surface area contributed by atoms with E-state index in [4.69, 9.17) is 0 Å². The number of nitrogens with zero attached hydrogens (tertiary/aromatic N) is 1. The van der Waals surface area contributed by atoms with Gasteiger partial charge in [0.2, 0.25) is 5.91 Å². The van der Waals surface area contributed by atoms with Gasteiger partial charge in [0.05, 0.1) is 11.3 Å². The van der Waals surface area contributed by atoms with E-state index in [1.165, 1.54) is 0 Å². The van der Waals surface area contributed by atoms with Crippen LogP contribution in [-0.2, 0) is 17.8 Å². The lowest BCUT2D eigenvalue weighted by molar-refractivity contribution is -0.120. The summed E-state index contributed by atoms with van der Waals surface area (Å²) in [6.45, 7) is 0.291. The quantitative estimate of drug-likeness (QED) is 0.369. The van der Waals surface area contributed by atoms with Crippen molar-refractivity contribution in [3.8, 4) is 5.75 Å². The molecule has 2 amide bonds. The standard InChI is InChI=1S/C29H24N2O3S/c32-22-14-16-23(17-15-22)35-27-13-7-4-10-21(27)19-31-26(18-20-8-2-1-3-9-20)28(33)30-25-12-6-5-11-24(25)29(31)34/h1-17,26,32H,18-19H2,(H,30,33)/t26-/m0/s1. The first-order valence-electron chi connectivity index (χ1n) is 11.4. The van der Waals surface area contributed by atoms with Crippen molar-refractivity contribution >= 4 is 29.3 Å². The minimum absolute atomic E-state index is 0.177. The van der Waals surface area contributed by atoms with Gasteiger partial charge in [-0.2, -0.15) is 0 Å². The van der Waals surface area contributed by atoms with Gasteiger partial charge >= 0.3 is 0 Å². The van der Waals surface area contributed by atoms with Crippen molar-refractivity contribution in [2.24, 2.45) is 0 Å². The van der Waals surface area contributed by atoms with Gasteiger partial charge in [-0.3, -0.25) is 9.59 Å². The molecule has 1 heterocycles. The van der Waals surface area contributed by atoms with Crippen molar-refractivity contribution in [3.63, 3.8) is 0 Å². The lowest BCUT2D eigenvalue weighted by Crippen LogP contribution is -2.46. The maximum absolute atomic E-state index is 13.8. The molecule has 0 aromatic heterocycles. The number of carbonyl (C=O) groups excluding carboxylic acids is 2. The summed E-state index contributed by atoms with van der Waals surface area (Å²) in [5.74, 6) is -0.161. The summed E-state index contributed by atoms with van der Waals surface area (Å²) in [4.78, 5) is 30.8. The third kappa shape index (κ3) is 5.08. The molecule has 0 bridgehead atoms. The summed E-state index contributed by atoms with van der Waals surface area (Å²) in [6, 6.07) is 31.2. The molecule has 174 valence electrons. The fourth-order valence-electron chi connectivity index (χ4n) is 4.21. The summed E-state index contributed by atoms with van der Waals surface area (Å²) in [7, 11) is 0. The van der Waals surface area contributed by atoms with Crippen molar-refractivity contribution in [3.05, 3.63) is 120 Å². The maximum Gasteiger partial charge on any atom is 0.256 e. The van der Waals surface area contributed by atoms with Crippen LogP contribution >= 0.6 is 11.8 Å². The average molecular weight is 481 g/mol. The molecule has 0 unspecified atom stereocenters. The van der Waals surface area contributed by atoms with Crippen LogP contribution in [0.25, 0.3) is 0 Å². The Morgan fingerprint density at radius 1 is 0.800 bits per heavy atom. The van der Waals surface area contributed by atoms with E-state index in [-0.39, 0.29) is 17.6 Å². The number of fused-ring (bicyclic) bond motifs is 1. The summed E-state index contributed by atoms with van der Waals surface area (Å²) < 4.78 is 0. The van der Waals surface area contributed by atoms with Crippen LogP contribution < -0.4 is 5.32 Å². The molecule has 2 N–H and O–H groups in total. The number of amides is 2. The molecule has 0 saturated carbocycles. The topological polar surface area (TPSA) is 69.6 Å². The van der Waals surface area contributed by atoms with Crippen molar-refractivity contribution in [1.29, 1.82) is 0 Å². The molecule has 0 saturated heterocycles. The minimum atomic E-state index is -0.663. The van der Waals surface area contributed by atoms with Crippen molar-refractivity contribution in [1.82, 2.24) is 4.90 Å². The highest BCUT2D eigenvalue weighted by Crippen LogP contribution is 2.33. The van der Waals surface area contributed by atoms with E-state index in [0.717, 1.165) is 20.9 Å². The first-order chi connectivity index (χ1) is 17.1. The Kier molecular flexibility index (Phi) is 6.55. The fourth-order valence-corrected chi connectivity index (χ4v) is 5.15. The van der Waals surface area contributed by atoms with Gasteiger partial charge in [0.1, 0.15) is 11.8 Å². The van der Waals surface area contributed by atoms with E-state index in [9.17, 15) is 14.7 Å². The first kappa shape index (κ1) is 22.7.